The van der Waals surface area contributed by atoms with Crippen LogP contribution in [0, 0.1) is 5.92 Å². The SMILES string of the molecule is CCC1CN(C2CS(=O)(=O)CC2O)CCC1=O. The van der Waals surface area contributed by atoms with Crippen LogP contribution in [-0.2, 0) is 14.6 Å². The molecule has 2 aliphatic rings. The largest absolute Gasteiger partial charge is 0.390 e. The number of piperidine rings is 1. The second-order valence-electron chi connectivity index (χ2n) is 5.03. The van der Waals surface area contributed by atoms with Crippen LogP contribution in [0.25, 0.3) is 0 Å². The molecule has 2 heterocycles. The van der Waals surface area contributed by atoms with Gasteiger partial charge in [0.05, 0.1) is 23.7 Å². The van der Waals surface area contributed by atoms with Gasteiger partial charge in [-0.3, -0.25) is 9.69 Å². The minimum atomic E-state index is -3.11. The quantitative estimate of drug-likeness (QED) is 0.721. The Morgan fingerprint density at radius 2 is 2.12 bits per heavy atom. The van der Waals surface area contributed by atoms with Gasteiger partial charge in [0.2, 0.25) is 0 Å². The fourth-order valence-corrected chi connectivity index (χ4v) is 4.58. The number of ketones is 1. The molecule has 3 unspecified atom stereocenters. The highest BCUT2D eigenvalue weighted by Gasteiger charge is 2.42. The van der Waals surface area contributed by atoms with Crippen molar-refractivity contribution in [3.8, 4) is 0 Å². The van der Waals surface area contributed by atoms with Crippen LogP contribution in [0.1, 0.15) is 19.8 Å². The van der Waals surface area contributed by atoms with E-state index in [-0.39, 0.29) is 29.2 Å². The second-order valence-corrected chi connectivity index (χ2v) is 7.18. The highest BCUT2D eigenvalue weighted by atomic mass is 32.2. The third-order valence-electron chi connectivity index (χ3n) is 3.81. The molecule has 3 atom stereocenters. The van der Waals surface area contributed by atoms with Crippen molar-refractivity contribution in [1.29, 1.82) is 0 Å². The highest BCUT2D eigenvalue weighted by molar-refractivity contribution is 7.91. The molecular weight excluding hydrogens is 242 g/mol. The molecule has 98 valence electrons. The molecule has 0 amide bonds. The number of aliphatic hydroxyl groups is 1. The number of Topliss-reactive ketones (excluding diaryl/α,β-unsaturated/α-hetero) is 1. The summed E-state index contributed by atoms with van der Waals surface area (Å²) >= 11 is 0. The van der Waals surface area contributed by atoms with Gasteiger partial charge < -0.3 is 5.11 Å². The average Bonchev–Trinajstić information content (AvgIpc) is 2.53. The normalized spacial score (nSPS) is 38.5. The predicted octanol–water partition coefficient (Wildman–Crippen LogP) is -0.555. The van der Waals surface area contributed by atoms with Gasteiger partial charge in [0.15, 0.2) is 9.84 Å². The Labute approximate surface area is 102 Å². The van der Waals surface area contributed by atoms with Crippen molar-refractivity contribution in [3.05, 3.63) is 0 Å². The molecule has 0 radical (unpaired) electrons. The summed E-state index contributed by atoms with van der Waals surface area (Å²) in [6.07, 6.45) is 0.456. The van der Waals surface area contributed by atoms with Crippen molar-refractivity contribution >= 4 is 15.6 Å². The summed E-state index contributed by atoms with van der Waals surface area (Å²) in [6.45, 7) is 3.13. The van der Waals surface area contributed by atoms with E-state index in [2.05, 4.69) is 0 Å². The fraction of sp³-hybridized carbons (Fsp3) is 0.909. The molecule has 5 nitrogen and oxygen atoms in total. The van der Waals surface area contributed by atoms with Crippen molar-refractivity contribution in [2.24, 2.45) is 5.92 Å². The van der Waals surface area contributed by atoms with Gasteiger partial charge in [-0.1, -0.05) is 6.92 Å². The number of hydrogen-bond donors (Lipinski definition) is 1. The predicted molar refractivity (Wildman–Crippen MR) is 63.4 cm³/mol. The molecule has 0 aromatic carbocycles. The van der Waals surface area contributed by atoms with Crippen LogP contribution in [-0.4, -0.2) is 60.9 Å². The summed E-state index contributed by atoms with van der Waals surface area (Å²) in [5, 5.41) is 9.80. The summed E-state index contributed by atoms with van der Waals surface area (Å²) < 4.78 is 22.9. The first-order chi connectivity index (χ1) is 7.93. The zero-order chi connectivity index (χ0) is 12.6. The van der Waals surface area contributed by atoms with E-state index in [4.69, 9.17) is 0 Å². The van der Waals surface area contributed by atoms with Crippen LogP contribution in [0.5, 0.6) is 0 Å². The number of rotatable bonds is 2. The number of likely N-dealkylation sites (tertiary alicyclic amines) is 1. The molecule has 1 N–H and O–H groups in total. The van der Waals surface area contributed by atoms with Crippen molar-refractivity contribution in [2.75, 3.05) is 24.6 Å². The van der Waals surface area contributed by atoms with E-state index in [1.165, 1.54) is 0 Å². The van der Waals surface area contributed by atoms with Gasteiger partial charge in [0.25, 0.3) is 0 Å². The van der Waals surface area contributed by atoms with Gasteiger partial charge in [-0.15, -0.1) is 0 Å². The Balaban J connectivity index is 2.06. The molecule has 2 rings (SSSR count). The fourth-order valence-electron chi connectivity index (χ4n) is 2.75. The minimum Gasteiger partial charge on any atom is -0.390 e. The van der Waals surface area contributed by atoms with Crippen LogP contribution < -0.4 is 0 Å². The topological polar surface area (TPSA) is 74.7 Å². The zero-order valence-corrected chi connectivity index (χ0v) is 10.8. The maximum Gasteiger partial charge on any atom is 0.154 e. The van der Waals surface area contributed by atoms with E-state index in [0.717, 1.165) is 6.42 Å². The molecule has 6 heteroatoms. The number of aliphatic hydroxyl groups excluding tert-OH is 1. The molecule has 17 heavy (non-hydrogen) atoms. The Morgan fingerprint density at radius 3 is 2.65 bits per heavy atom. The summed E-state index contributed by atoms with van der Waals surface area (Å²) in [6, 6.07) is -0.317. The summed E-state index contributed by atoms with van der Waals surface area (Å²) in [4.78, 5) is 13.6. The van der Waals surface area contributed by atoms with Crippen molar-refractivity contribution in [1.82, 2.24) is 4.90 Å². The number of hydrogen-bond acceptors (Lipinski definition) is 5. The third-order valence-corrected chi connectivity index (χ3v) is 5.51. The Hall–Kier alpha value is -0.460. The van der Waals surface area contributed by atoms with Crippen LogP contribution >= 0.6 is 0 Å². The van der Waals surface area contributed by atoms with Gasteiger partial charge in [-0.25, -0.2) is 8.42 Å². The second kappa shape index (κ2) is 4.66. The van der Waals surface area contributed by atoms with E-state index in [1.54, 1.807) is 0 Å². The van der Waals surface area contributed by atoms with E-state index in [9.17, 15) is 18.3 Å². The van der Waals surface area contributed by atoms with Gasteiger partial charge in [-0.05, 0) is 6.42 Å². The zero-order valence-electron chi connectivity index (χ0n) is 10.0. The van der Waals surface area contributed by atoms with Crippen molar-refractivity contribution in [3.63, 3.8) is 0 Å². The molecule has 0 aliphatic carbocycles. The Morgan fingerprint density at radius 1 is 1.41 bits per heavy atom. The van der Waals surface area contributed by atoms with Gasteiger partial charge in [0, 0.05) is 25.4 Å². The maximum absolute atomic E-state index is 11.6. The number of carbonyl (C=O) groups excluding carboxylic acids is 1. The lowest BCUT2D eigenvalue weighted by molar-refractivity contribution is -0.127. The maximum atomic E-state index is 11.6. The lowest BCUT2D eigenvalue weighted by atomic mass is 9.92. The molecular formula is C11H19NO4S. The minimum absolute atomic E-state index is 0.000691. The van der Waals surface area contributed by atoms with Gasteiger partial charge in [0.1, 0.15) is 5.78 Å². The monoisotopic (exact) mass is 261 g/mol. The standard InChI is InChI=1S/C11H19NO4S/c1-2-8-5-12(4-3-10(8)13)9-6-17(15,16)7-11(9)14/h8-9,11,14H,2-7H2,1H3. The molecule has 2 aliphatic heterocycles. The third kappa shape index (κ3) is 2.69. The first-order valence-electron chi connectivity index (χ1n) is 6.08. The highest BCUT2D eigenvalue weighted by Crippen LogP contribution is 2.24. The first kappa shape index (κ1) is 13.0. The van der Waals surface area contributed by atoms with Crippen LogP contribution in [0.4, 0.5) is 0 Å². The molecule has 2 saturated heterocycles. The summed E-state index contributed by atoms with van der Waals surface area (Å²) in [7, 11) is -3.11. The molecule has 0 spiro atoms. The molecule has 0 saturated carbocycles. The smallest absolute Gasteiger partial charge is 0.154 e. The Bertz CT molecular complexity index is 406. The summed E-state index contributed by atoms with van der Waals surface area (Å²) in [5.41, 5.74) is 0. The molecule has 0 aromatic rings. The average molecular weight is 261 g/mol. The number of nitrogens with zero attached hydrogens (tertiary/aromatic N) is 1. The molecule has 0 aromatic heterocycles. The van der Waals surface area contributed by atoms with Crippen LogP contribution in [0.3, 0.4) is 0 Å². The number of sulfone groups is 1. The van der Waals surface area contributed by atoms with Gasteiger partial charge in [-0.2, -0.15) is 0 Å². The van der Waals surface area contributed by atoms with Gasteiger partial charge >= 0.3 is 0 Å². The van der Waals surface area contributed by atoms with E-state index in [0.29, 0.717) is 19.5 Å². The number of carbonyl (C=O) groups is 1. The lowest BCUT2D eigenvalue weighted by Gasteiger charge is -2.36. The van der Waals surface area contributed by atoms with E-state index in [1.807, 2.05) is 11.8 Å². The van der Waals surface area contributed by atoms with Crippen LogP contribution in [0.15, 0.2) is 0 Å². The summed E-state index contributed by atoms with van der Waals surface area (Å²) in [5.74, 6) is 0.149. The molecule has 2 fully saturated rings. The van der Waals surface area contributed by atoms with E-state index < -0.39 is 15.9 Å². The Kier molecular flexibility index (Phi) is 3.56. The van der Waals surface area contributed by atoms with Crippen LogP contribution in [0.2, 0.25) is 0 Å². The first-order valence-corrected chi connectivity index (χ1v) is 7.90. The van der Waals surface area contributed by atoms with Crippen molar-refractivity contribution < 1.29 is 18.3 Å². The lowest BCUT2D eigenvalue weighted by Crippen LogP contribution is -2.50. The molecule has 0 bridgehead atoms. The van der Waals surface area contributed by atoms with Crippen molar-refractivity contribution in [2.45, 2.75) is 31.9 Å². The van der Waals surface area contributed by atoms with E-state index >= 15 is 0 Å².